The third kappa shape index (κ3) is 6.13. The Balaban J connectivity index is 0.000000121. The summed E-state index contributed by atoms with van der Waals surface area (Å²) in [6.45, 7) is 20.8. The second-order valence-electron chi connectivity index (χ2n) is 36.3. The van der Waals surface area contributed by atoms with Gasteiger partial charge in [0.05, 0.1) is 0 Å². The van der Waals surface area contributed by atoms with Crippen molar-refractivity contribution >= 4 is 0 Å². The summed E-state index contributed by atoms with van der Waals surface area (Å²) in [5.41, 5.74) is 16.4. The van der Waals surface area contributed by atoms with Crippen molar-refractivity contribution in [3.05, 3.63) is 68.8 Å². The zero-order valence-corrected chi connectivity index (χ0v) is 50.1. The molecule has 18 bridgehead atoms. The number of fused-ring (bicyclic) bond motifs is 33. The lowest BCUT2D eigenvalue weighted by Crippen LogP contribution is -2.34. The standard InChI is InChI=1S/C43H56.C34H50/c1-19-30(33-14-28-17-36(33)42-24-6-3-21(9-24)39(28)42)11-26(32-13-27-16-35(32)41-23-5-2-20(8-23)38(27)41)12-31(19)34-15-29-18-37(34)43-25-7-4-22(10-25)40(29)43;1-19-24(27-17-22-9-12-30(27)33(22,4)5)14-20(26-16-21-8-11-29(26)32(21,2)3)15-25(19)28-18-23-10-13-31(28)34(23,6)7/h11-12,20-25,27-29,32-43H,2-10,13-18H2,1H3;14-15,21-23,26-31H,8-13,16-18H2,1-7H3. The van der Waals surface area contributed by atoms with Gasteiger partial charge in [-0.15, -0.1) is 0 Å². The van der Waals surface area contributed by atoms with Crippen molar-refractivity contribution in [2.45, 2.75) is 245 Å². The van der Waals surface area contributed by atoms with Gasteiger partial charge in [-0.25, -0.2) is 0 Å². The van der Waals surface area contributed by atoms with E-state index < -0.39 is 0 Å². The van der Waals surface area contributed by atoms with Crippen LogP contribution in [0, 0.1) is 172 Å². The molecule has 0 heterocycles. The molecular weight excluding hydrogens is 925 g/mol. The molecule has 0 aromatic heterocycles. The summed E-state index contributed by atoms with van der Waals surface area (Å²) in [4.78, 5) is 0. The van der Waals surface area contributed by atoms with E-state index in [2.05, 4.69) is 79.7 Å². The Labute approximate surface area is 469 Å². The Morgan fingerprint density at radius 1 is 0.273 bits per heavy atom. The smallest absolute Gasteiger partial charge is 0.0123 e. The summed E-state index contributed by atoms with van der Waals surface area (Å²) < 4.78 is 0. The third-order valence-corrected chi connectivity index (χ3v) is 34.3. The SMILES string of the molecule is Cc1c(C2CC3CC2C2C4CCC(C4)C32)cc(C2CC3CC2C2C4CCC(C4)C32)cc1C1CC2CC1C1C3CCC(C3)C21.Cc1c(C2CC3CCC2C3(C)C)cc(C2CC3CCC2C3(C)C)cc1C1CC2CCC1C2(C)C. The van der Waals surface area contributed by atoms with E-state index >= 15 is 0 Å². The van der Waals surface area contributed by atoms with E-state index in [0.29, 0.717) is 16.2 Å². The monoisotopic (exact) mass is 1030 g/mol. The van der Waals surface area contributed by atoms with Crippen LogP contribution in [0.5, 0.6) is 0 Å². The fourth-order valence-corrected chi connectivity index (χ4v) is 31.5. The quantitative estimate of drug-likeness (QED) is 0.253. The lowest BCUT2D eigenvalue weighted by Gasteiger charge is -2.42. The first-order valence-electron chi connectivity index (χ1n) is 35.5. The molecule has 77 heavy (non-hydrogen) atoms. The Bertz CT molecular complexity index is 2650. The van der Waals surface area contributed by atoms with E-state index in [4.69, 9.17) is 0 Å². The Morgan fingerprint density at radius 3 is 0.909 bits per heavy atom. The molecule has 18 aliphatic rings. The van der Waals surface area contributed by atoms with E-state index in [1.165, 1.54) is 57.8 Å². The Hall–Kier alpha value is -1.56. The van der Waals surface area contributed by atoms with Crippen LogP contribution in [0.1, 0.15) is 276 Å². The van der Waals surface area contributed by atoms with E-state index in [0.717, 1.165) is 178 Å². The molecule has 18 fully saturated rings. The van der Waals surface area contributed by atoms with Crippen LogP contribution in [-0.4, -0.2) is 0 Å². The van der Waals surface area contributed by atoms with Crippen molar-refractivity contribution in [3.63, 3.8) is 0 Å². The highest BCUT2D eigenvalue weighted by Crippen LogP contribution is 2.76. The van der Waals surface area contributed by atoms with Gasteiger partial charge < -0.3 is 0 Å². The van der Waals surface area contributed by atoms with Crippen molar-refractivity contribution in [3.8, 4) is 0 Å². The molecule has 30 atom stereocenters. The first-order valence-corrected chi connectivity index (χ1v) is 35.5. The minimum atomic E-state index is 0.552. The van der Waals surface area contributed by atoms with Gasteiger partial charge >= 0.3 is 0 Å². The maximum Gasteiger partial charge on any atom is -0.0123 e. The zero-order valence-electron chi connectivity index (χ0n) is 50.1. The maximum atomic E-state index is 2.97. The number of benzene rings is 2. The molecule has 0 saturated heterocycles. The van der Waals surface area contributed by atoms with Crippen LogP contribution in [0.25, 0.3) is 0 Å². The van der Waals surface area contributed by atoms with Gasteiger partial charge in [-0.2, -0.15) is 0 Å². The molecule has 2 aromatic rings. The van der Waals surface area contributed by atoms with Crippen molar-refractivity contribution in [2.24, 2.45) is 158 Å². The molecular formula is C77H106. The summed E-state index contributed by atoms with van der Waals surface area (Å²) in [6.07, 6.45) is 37.3. The normalized spacial score (nSPS) is 55.9. The summed E-state index contributed by atoms with van der Waals surface area (Å²) in [5.74, 6) is 30.9. The molecule has 0 N–H and O–H groups in total. The first kappa shape index (κ1) is 47.9. The van der Waals surface area contributed by atoms with Crippen molar-refractivity contribution in [1.82, 2.24) is 0 Å². The maximum absolute atomic E-state index is 2.97. The third-order valence-electron chi connectivity index (χ3n) is 34.3. The van der Waals surface area contributed by atoms with Crippen LogP contribution in [0.2, 0.25) is 0 Å². The molecule has 0 radical (unpaired) electrons. The highest BCUT2D eigenvalue weighted by molar-refractivity contribution is 5.49. The second-order valence-corrected chi connectivity index (χ2v) is 36.3. The molecule has 18 aliphatic carbocycles. The van der Waals surface area contributed by atoms with Crippen LogP contribution < -0.4 is 0 Å². The minimum Gasteiger partial charge on any atom is -0.0594 e. The van der Waals surface area contributed by atoms with E-state index in [-0.39, 0.29) is 0 Å². The number of rotatable bonds is 6. The van der Waals surface area contributed by atoms with Gasteiger partial charge in [0.2, 0.25) is 0 Å². The van der Waals surface area contributed by atoms with Crippen LogP contribution in [0.3, 0.4) is 0 Å². The molecule has 0 heteroatoms. The molecule has 0 aliphatic heterocycles. The topological polar surface area (TPSA) is 0 Å². The van der Waals surface area contributed by atoms with Gasteiger partial charge in [0.1, 0.15) is 0 Å². The lowest BCUT2D eigenvalue weighted by molar-refractivity contribution is 0.127. The molecule has 20 rings (SSSR count). The Kier molecular flexibility index (Phi) is 9.94. The molecule has 414 valence electrons. The van der Waals surface area contributed by atoms with Gasteiger partial charge in [0.25, 0.3) is 0 Å². The molecule has 2 aromatic carbocycles. The lowest BCUT2D eigenvalue weighted by atomic mass is 9.62. The van der Waals surface area contributed by atoms with Gasteiger partial charge in [-0.3, -0.25) is 0 Å². The summed E-state index contributed by atoms with van der Waals surface area (Å²) in [6, 6.07) is 11.5. The number of hydrogen-bond donors (Lipinski definition) is 0. The highest BCUT2D eigenvalue weighted by atomic mass is 14.7. The Morgan fingerprint density at radius 2 is 0.571 bits per heavy atom. The largest absolute Gasteiger partial charge is 0.0594 e. The van der Waals surface area contributed by atoms with E-state index in [9.17, 15) is 0 Å². The summed E-state index contributed by atoms with van der Waals surface area (Å²) in [5, 5.41) is 0. The van der Waals surface area contributed by atoms with E-state index in [1.807, 2.05) is 33.4 Å². The van der Waals surface area contributed by atoms with Gasteiger partial charge in [-0.05, 0) is 406 Å². The van der Waals surface area contributed by atoms with Gasteiger partial charge in [-0.1, -0.05) is 65.8 Å². The predicted octanol–water partition coefficient (Wildman–Crippen LogP) is 20.0. The average molecular weight is 1030 g/mol. The predicted molar refractivity (Wildman–Crippen MR) is 315 cm³/mol. The first-order chi connectivity index (χ1) is 37.2. The second kappa shape index (κ2) is 16.0. The van der Waals surface area contributed by atoms with Crippen LogP contribution >= 0.6 is 0 Å². The average Bonchev–Trinajstić information content (AvgIpc) is 4.42. The van der Waals surface area contributed by atoms with Crippen molar-refractivity contribution in [1.29, 1.82) is 0 Å². The molecule has 30 unspecified atom stereocenters. The number of hydrogen-bond acceptors (Lipinski definition) is 0. The minimum absolute atomic E-state index is 0.552. The fourth-order valence-electron chi connectivity index (χ4n) is 31.5. The fraction of sp³-hybridized carbons (Fsp3) is 0.844. The molecule has 18 saturated carbocycles. The van der Waals surface area contributed by atoms with E-state index in [1.54, 1.807) is 107 Å². The molecule has 0 amide bonds. The van der Waals surface area contributed by atoms with Crippen LogP contribution in [0.15, 0.2) is 24.3 Å². The van der Waals surface area contributed by atoms with Crippen LogP contribution in [-0.2, 0) is 0 Å². The zero-order chi connectivity index (χ0) is 51.2. The summed E-state index contributed by atoms with van der Waals surface area (Å²) >= 11 is 0. The van der Waals surface area contributed by atoms with Gasteiger partial charge in [0, 0.05) is 0 Å². The highest BCUT2D eigenvalue weighted by Gasteiger charge is 2.67. The van der Waals surface area contributed by atoms with Crippen molar-refractivity contribution in [2.75, 3.05) is 0 Å². The summed E-state index contributed by atoms with van der Waals surface area (Å²) in [7, 11) is 0. The van der Waals surface area contributed by atoms with Crippen molar-refractivity contribution < 1.29 is 0 Å². The van der Waals surface area contributed by atoms with Gasteiger partial charge in [0.15, 0.2) is 0 Å². The molecule has 0 spiro atoms. The van der Waals surface area contributed by atoms with Crippen LogP contribution in [0.4, 0.5) is 0 Å². The molecule has 0 nitrogen and oxygen atoms in total.